The number of benzene rings is 1. The summed E-state index contributed by atoms with van der Waals surface area (Å²) in [4.78, 5) is 23.7. The van der Waals surface area contributed by atoms with Gasteiger partial charge in [0.1, 0.15) is 5.75 Å². The maximum absolute atomic E-state index is 12.1. The summed E-state index contributed by atoms with van der Waals surface area (Å²) < 4.78 is 0. The molecule has 0 aliphatic heterocycles. The van der Waals surface area contributed by atoms with Crippen LogP contribution in [0.4, 0.5) is 5.95 Å². The van der Waals surface area contributed by atoms with Crippen molar-refractivity contribution in [2.75, 3.05) is 32.6 Å². The smallest absolute Gasteiger partial charge is 0.274 e. The van der Waals surface area contributed by atoms with Gasteiger partial charge in [-0.3, -0.25) is 4.79 Å². The lowest BCUT2D eigenvalue weighted by Gasteiger charge is -2.29. The number of H-pyrrole nitrogens is 1. The van der Waals surface area contributed by atoms with E-state index in [1.54, 1.807) is 29.5 Å². The molecule has 0 fully saturated rings. The topological polar surface area (TPSA) is 72.5 Å². The zero-order valence-corrected chi connectivity index (χ0v) is 17.2. The number of hydrogen-bond donors (Lipinski definition) is 2. The third-order valence-electron chi connectivity index (χ3n) is 4.74. The fourth-order valence-electron chi connectivity index (χ4n) is 3.10. The number of hydrogen-bond acceptors (Lipinski definition) is 6. The summed E-state index contributed by atoms with van der Waals surface area (Å²) in [5.74, 6) is 0.849. The largest absolute Gasteiger partial charge is 0.508 e. The number of nitrogens with one attached hydrogen (secondary N) is 1. The summed E-state index contributed by atoms with van der Waals surface area (Å²) in [5, 5.41) is 13.6. The lowest BCUT2D eigenvalue weighted by molar-refractivity contribution is 0.294. The summed E-state index contributed by atoms with van der Waals surface area (Å²) in [6.45, 7) is 0.707. The van der Waals surface area contributed by atoms with E-state index in [1.807, 2.05) is 43.6 Å². The second kappa shape index (κ2) is 9.03. The van der Waals surface area contributed by atoms with E-state index in [4.69, 9.17) is 0 Å². The van der Waals surface area contributed by atoms with Crippen molar-refractivity contribution in [3.8, 4) is 5.75 Å². The maximum Gasteiger partial charge on any atom is 0.274 e. The minimum Gasteiger partial charge on any atom is -0.508 e. The average molecular weight is 399 g/mol. The van der Waals surface area contributed by atoms with E-state index in [2.05, 4.69) is 26.3 Å². The second-order valence-electron chi connectivity index (χ2n) is 7.25. The predicted molar refractivity (Wildman–Crippen MR) is 115 cm³/mol. The molecule has 2 heterocycles. The number of phenolic OH excluding ortho intramolecular Hbond substituents is 1. The fourth-order valence-corrected chi connectivity index (χ4v) is 3.77. The van der Waals surface area contributed by atoms with Crippen molar-refractivity contribution in [3.05, 3.63) is 74.3 Å². The molecule has 148 valence electrons. The Morgan fingerprint density at radius 3 is 2.54 bits per heavy atom. The Morgan fingerprint density at radius 2 is 1.89 bits per heavy atom. The quantitative estimate of drug-likeness (QED) is 0.610. The molecular weight excluding hydrogens is 372 g/mol. The van der Waals surface area contributed by atoms with E-state index in [-0.39, 0.29) is 17.4 Å². The van der Waals surface area contributed by atoms with Gasteiger partial charge < -0.3 is 19.9 Å². The number of aromatic amines is 1. The van der Waals surface area contributed by atoms with Crippen molar-refractivity contribution in [3.63, 3.8) is 0 Å². The first-order chi connectivity index (χ1) is 13.4. The molecular formula is C21H26N4O2S. The molecule has 0 spiro atoms. The Labute approximate surface area is 169 Å². The highest BCUT2D eigenvalue weighted by molar-refractivity contribution is 7.07. The van der Waals surface area contributed by atoms with Crippen LogP contribution in [0.2, 0.25) is 0 Å². The zero-order chi connectivity index (χ0) is 20.1. The molecule has 28 heavy (non-hydrogen) atoms. The van der Waals surface area contributed by atoms with E-state index in [0.29, 0.717) is 18.9 Å². The molecule has 2 N–H and O–H groups in total. The Bertz CT molecular complexity index is 936. The molecule has 0 aliphatic rings. The SMILES string of the molecule is CN(C[C@@H](Cc1ccc(O)cc1)N(C)C)c1nc(=O)cc(Cc2ccsc2)[nH]1. The van der Waals surface area contributed by atoms with Crippen molar-refractivity contribution in [1.29, 1.82) is 0 Å². The number of rotatable bonds is 8. The van der Waals surface area contributed by atoms with E-state index in [1.165, 1.54) is 5.56 Å². The Kier molecular flexibility index (Phi) is 6.49. The molecule has 0 saturated heterocycles. The average Bonchev–Trinajstić information content (AvgIpc) is 3.15. The van der Waals surface area contributed by atoms with Gasteiger partial charge in [-0.2, -0.15) is 16.3 Å². The minimum absolute atomic E-state index is 0.223. The summed E-state index contributed by atoms with van der Waals surface area (Å²) in [7, 11) is 6.03. The summed E-state index contributed by atoms with van der Waals surface area (Å²) in [5.41, 5.74) is 2.96. The summed E-state index contributed by atoms with van der Waals surface area (Å²) >= 11 is 1.65. The van der Waals surface area contributed by atoms with Crippen LogP contribution in [0.25, 0.3) is 0 Å². The fraction of sp³-hybridized carbons (Fsp3) is 0.333. The van der Waals surface area contributed by atoms with E-state index in [0.717, 1.165) is 17.7 Å². The van der Waals surface area contributed by atoms with Crippen LogP contribution in [-0.4, -0.2) is 53.7 Å². The van der Waals surface area contributed by atoms with Crippen LogP contribution in [0.1, 0.15) is 16.8 Å². The second-order valence-corrected chi connectivity index (χ2v) is 8.03. The van der Waals surface area contributed by atoms with Gasteiger partial charge in [-0.1, -0.05) is 12.1 Å². The summed E-state index contributed by atoms with van der Waals surface area (Å²) in [6.07, 6.45) is 1.52. The van der Waals surface area contributed by atoms with E-state index >= 15 is 0 Å². The highest BCUT2D eigenvalue weighted by atomic mass is 32.1. The van der Waals surface area contributed by atoms with Crippen molar-refractivity contribution in [1.82, 2.24) is 14.9 Å². The van der Waals surface area contributed by atoms with Crippen LogP contribution in [0.3, 0.4) is 0 Å². The number of likely N-dealkylation sites (N-methyl/N-ethyl adjacent to an activating group) is 2. The van der Waals surface area contributed by atoms with Crippen molar-refractivity contribution in [2.45, 2.75) is 18.9 Å². The van der Waals surface area contributed by atoms with Crippen LogP contribution in [0.5, 0.6) is 5.75 Å². The zero-order valence-electron chi connectivity index (χ0n) is 16.4. The number of anilines is 1. The normalized spacial score (nSPS) is 12.3. The van der Waals surface area contributed by atoms with Gasteiger partial charge in [0.05, 0.1) is 0 Å². The molecule has 6 nitrogen and oxygen atoms in total. The first kappa shape index (κ1) is 20.1. The van der Waals surface area contributed by atoms with E-state index in [9.17, 15) is 9.90 Å². The molecule has 0 radical (unpaired) electrons. The lowest BCUT2D eigenvalue weighted by atomic mass is 10.0. The van der Waals surface area contributed by atoms with Gasteiger partial charge in [-0.05, 0) is 60.6 Å². The third kappa shape index (κ3) is 5.43. The van der Waals surface area contributed by atoms with Gasteiger partial charge in [-0.15, -0.1) is 0 Å². The van der Waals surface area contributed by atoms with Crippen molar-refractivity contribution < 1.29 is 5.11 Å². The molecule has 2 aromatic heterocycles. The predicted octanol–water partition coefficient (Wildman–Crippen LogP) is 2.74. The molecule has 1 atom stereocenters. The van der Waals surface area contributed by atoms with E-state index < -0.39 is 0 Å². The Hall–Kier alpha value is -2.64. The molecule has 1 aromatic carbocycles. The summed E-state index contributed by atoms with van der Waals surface area (Å²) in [6, 6.07) is 11.1. The highest BCUT2D eigenvalue weighted by Crippen LogP contribution is 2.15. The molecule has 0 bridgehead atoms. The standard InChI is InChI=1S/C21H26N4O2S/c1-24(2)18(11-15-4-6-19(26)7-5-15)13-25(3)21-22-17(12-20(27)23-21)10-16-8-9-28-14-16/h4-9,12,14,18,26H,10-11,13H2,1-3H3,(H,22,23,27)/t18-/m1/s1. The maximum atomic E-state index is 12.1. The number of aromatic nitrogens is 2. The Balaban J connectivity index is 1.74. The first-order valence-corrected chi connectivity index (χ1v) is 10.1. The van der Waals surface area contributed by atoms with Gasteiger partial charge in [-0.25, -0.2) is 0 Å². The van der Waals surface area contributed by atoms with Crippen molar-refractivity contribution in [2.24, 2.45) is 0 Å². The van der Waals surface area contributed by atoms with Gasteiger partial charge >= 0.3 is 0 Å². The van der Waals surface area contributed by atoms with Crippen LogP contribution in [0, 0.1) is 0 Å². The molecule has 3 aromatic rings. The number of thiophene rings is 1. The number of phenols is 1. The van der Waals surface area contributed by atoms with Crippen LogP contribution in [0.15, 0.2) is 52.0 Å². The van der Waals surface area contributed by atoms with Crippen molar-refractivity contribution >= 4 is 17.3 Å². The molecule has 0 amide bonds. The number of nitrogens with zero attached hydrogens (tertiary/aromatic N) is 3. The highest BCUT2D eigenvalue weighted by Gasteiger charge is 2.17. The molecule has 7 heteroatoms. The molecule has 0 saturated carbocycles. The Morgan fingerprint density at radius 1 is 1.14 bits per heavy atom. The monoisotopic (exact) mass is 398 g/mol. The van der Waals surface area contributed by atoms with Gasteiger partial charge in [0.15, 0.2) is 0 Å². The van der Waals surface area contributed by atoms with Gasteiger partial charge in [0.25, 0.3) is 5.56 Å². The van der Waals surface area contributed by atoms with Gasteiger partial charge in [0.2, 0.25) is 5.95 Å². The molecule has 0 unspecified atom stereocenters. The molecule has 3 rings (SSSR count). The molecule has 0 aliphatic carbocycles. The number of aromatic hydroxyl groups is 1. The minimum atomic E-state index is -0.231. The van der Waals surface area contributed by atoms with Crippen LogP contribution >= 0.6 is 11.3 Å². The van der Waals surface area contributed by atoms with Crippen LogP contribution < -0.4 is 10.5 Å². The first-order valence-electron chi connectivity index (χ1n) is 9.17. The third-order valence-corrected chi connectivity index (χ3v) is 5.48. The van der Waals surface area contributed by atoms with Gasteiger partial charge in [0, 0.05) is 37.8 Å². The van der Waals surface area contributed by atoms with Crippen LogP contribution in [-0.2, 0) is 12.8 Å². The lowest BCUT2D eigenvalue weighted by Crippen LogP contribution is -2.41.